The third-order valence-electron chi connectivity index (χ3n) is 4.84. The number of hydrogen-bond acceptors (Lipinski definition) is 3. The van der Waals surface area contributed by atoms with Crippen molar-refractivity contribution < 1.29 is 9.53 Å². The van der Waals surface area contributed by atoms with E-state index in [-0.39, 0.29) is 5.91 Å². The zero-order chi connectivity index (χ0) is 19.1. The molecule has 1 N–H and O–H groups in total. The zero-order valence-electron chi connectivity index (χ0n) is 15.8. The van der Waals surface area contributed by atoms with Gasteiger partial charge < -0.3 is 10.1 Å². The monoisotopic (exact) mass is 430 g/mol. The van der Waals surface area contributed by atoms with Gasteiger partial charge in [0.15, 0.2) is 0 Å². The molecular formula is C22H27BrN2O2. The minimum absolute atomic E-state index is 0.0281. The van der Waals surface area contributed by atoms with Crippen molar-refractivity contribution in [2.75, 3.05) is 32.8 Å². The van der Waals surface area contributed by atoms with Gasteiger partial charge in [-0.05, 0) is 85.0 Å². The minimum Gasteiger partial charge on any atom is -0.491 e. The number of benzene rings is 2. The van der Waals surface area contributed by atoms with Crippen LogP contribution in [-0.2, 0) is 6.42 Å². The summed E-state index contributed by atoms with van der Waals surface area (Å²) >= 11 is 3.60. The molecule has 0 aliphatic carbocycles. The van der Waals surface area contributed by atoms with Gasteiger partial charge in [-0.15, -0.1) is 0 Å². The van der Waals surface area contributed by atoms with E-state index < -0.39 is 0 Å². The van der Waals surface area contributed by atoms with Gasteiger partial charge in [-0.3, -0.25) is 9.69 Å². The Morgan fingerprint density at radius 1 is 1.19 bits per heavy atom. The van der Waals surface area contributed by atoms with Gasteiger partial charge in [0, 0.05) is 18.7 Å². The van der Waals surface area contributed by atoms with Crippen LogP contribution in [0.4, 0.5) is 0 Å². The molecule has 1 heterocycles. The molecule has 0 atom stereocenters. The normalized spacial score (nSPS) is 14.3. The van der Waals surface area contributed by atoms with E-state index in [9.17, 15) is 4.79 Å². The Kier molecular flexibility index (Phi) is 7.30. The maximum absolute atomic E-state index is 12.2. The summed E-state index contributed by atoms with van der Waals surface area (Å²) in [5, 5.41) is 2.98. The molecule has 2 aromatic carbocycles. The molecule has 27 heavy (non-hydrogen) atoms. The van der Waals surface area contributed by atoms with Crippen molar-refractivity contribution in [1.82, 2.24) is 10.2 Å². The van der Waals surface area contributed by atoms with Gasteiger partial charge >= 0.3 is 0 Å². The number of nitrogens with zero attached hydrogens (tertiary/aromatic N) is 1. The van der Waals surface area contributed by atoms with Crippen molar-refractivity contribution in [2.24, 2.45) is 0 Å². The molecule has 1 amide bonds. The number of hydrogen-bond donors (Lipinski definition) is 1. The number of rotatable bonds is 8. The molecule has 1 aliphatic heterocycles. The Balaban J connectivity index is 1.43. The Labute approximate surface area is 170 Å². The first-order chi connectivity index (χ1) is 13.1. The standard InChI is InChI=1S/C22H27BrN2O2/c1-17-5-4-6-19(15-17)22(26)24-10-9-18-7-8-21(20(23)16-18)27-14-13-25-11-2-3-12-25/h4-8,15-16H,2-3,9-14H2,1H3,(H,24,26). The van der Waals surface area contributed by atoms with Crippen molar-refractivity contribution in [1.29, 1.82) is 0 Å². The Bertz CT molecular complexity index is 773. The molecule has 1 aliphatic rings. The summed E-state index contributed by atoms with van der Waals surface area (Å²) in [5.41, 5.74) is 2.96. The minimum atomic E-state index is -0.0281. The van der Waals surface area contributed by atoms with Crippen LogP contribution in [0, 0.1) is 6.92 Å². The molecule has 2 aromatic rings. The van der Waals surface area contributed by atoms with Gasteiger partial charge in [0.2, 0.25) is 0 Å². The highest BCUT2D eigenvalue weighted by Gasteiger charge is 2.11. The van der Waals surface area contributed by atoms with Gasteiger partial charge in [0.25, 0.3) is 5.91 Å². The van der Waals surface area contributed by atoms with E-state index in [0.29, 0.717) is 18.7 Å². The molecule has 5 heteroatoms. The fraction of sp³-hybridized carbons (Fsp3) is 0.409. The molecule has 0 spiro atoms. The Morgan fingerprint density at radius 3 is 2.74 bits per heavy atom. The molecule has 3 rings (SSSR count). The fourth-order valence-corrected chi connectivity index (χ4v) is 3.86. The summed E-state index contributed by atoms with van der Waals surface area (Å²) in [6, 6.07) is 13.8. The van der Waals surface area contributed by atoms with Crippen LogP contribution in [0.5, 0.6) is 5.75 Å². The summed E-state index contributed by atoms with van der Waals surface area (Å²) in [7, 11) is 0. The molecule has 0 saturated carbocycles. The van der Waals surface area contributed by atoms with Crippen LogP contribution in [0.1, 0.15) is 34.3 Å². The quantitative estimate of drug-likeness (QED) is 0.681. The molecule has 1 fully saturated rings. The largest absolute Gasteiger partial charge is 0.491 e. The lowest BCUT2D eigenvalue weighted by atomic mass is 10.1. The van der Waals surface area contributed by atoms with Crippen LogP contribution in [0.15, 0.2) is 46.9 Å². The van der Waals surface area contributed by atoms with Crippen LogP contribution in [0.3, 0.4) is 0 Å². The van der Waals surface area contributed by atoms with Crippen LogP contribution in [-0.4, -0.2) is 43.6 Å². The molecule has 0 unspecified atom stereocenters. The number of likely N-dealkylation sites (tertiary alicyclic amines) is 1. The van der Waals surface area contributed by atoms with Crippen LogP contribution in [0.2, 0.25) is 0 Å². The number of carbonyl (C=O) groups excluding carboxylic acids is 1. The summed E-state index contributed by atoms with van der Waals surface area (Å²) in [5.74, 6) is 0.848. The first-order valence-corrected chi connectivity index (χ1v) is 10.4. The van der Waals surface area contributed by atoms with E-state index in [1.807, 2.05) is 37.3 Å². The smallest absolute Gasteiger partial charge is 0.251 e. The average molecular weight is 431 g/mol. The van der Waals surface area contributed by atoms with E-state index >= 15 is 0 Å². The van der Waals surface area contributed by atoms with Crippen molar-refractivity contribution in [2.45, 2.75) is 26.2 Å². The van der Waals surface area contributed by atoms with Gasteiger partial charge in [-0.2, -0.15) is 0 Å². The van der Waals surface area contributed by atoms with Gasteiger partial charge in [0.1, 0.15) is 12.4 Å². The highest BCUT2D eigenvalue weighted by Crippen LogP contribution is 2.26. The number of halogens is 1. The van der Waals surface area contributed by atoms with Crippen molar-refractivity contribution >= 4 is 21.8 Å². The highest BCUT2D eigenvalue weighted by molar-refractivity contribution is 9.10. The predicted molar refractivity (Wildman–Crippen MR) is 113 cm³/mol. The van der Waals surface area contributed by atoms with E-state index in [1.165, 1.54) is 31.5 Å². The van der Waals surface area contributed by atoms with E-state index in [4.69, 9.17) is 4.74 Å². The molecule has 4 nitrogen and oxygen atoms in total. The van der Waals surface area contributed by atoms with Crippen LogP contribution < -0.4 is 10.1 Å². The summed E-state index contributed by atoms with van der Waals surface area (Å²) in [4.78, 5) is 14.6. The molecular weight excluding hydrogens is 404 g/mol. The topological polar surface area (TPSA) is 41.6 Å². The summed E-state index contributed by atoms with van der Waals surface area (Å²) < 4.78 is 6.87. The van der Waals surface area contributed by atoms with Crippen molar-refractivity contribution in [3.63, 3.8) is 0 Å². The third-order valence-corrected chi connectivity index (χ3v) is 5.46. The number of nitrogens with one attached hydrogen (secondary N) is 1. The summed E-state index contributed by atoms with van der Waals surface area (Å²) in [6.45, 7) is 6.68. The second kappa shape index (κ2) is 9.90. The Morgan fingerprint density at radius 2 is 2.00 bits per heavy atom. The SMILES string of the molecule is Cc1cccc(C(=O)NCCc2ccc(OCCN3CCCC3)c(Br)c2)c1. The lowest BCUT2D eigenvalue weighted by Crippen LogP contribution is -2.25. The number of aryl methyl sites for hydroxylation is 1. The van der Waals surface area contributed by atoms with Crippen LogP contribution >= 0.6 is 15.9 Å². The molecule has 0 radical (unpaired) electrons. The van der Waals surface area contributed by atoms with E-state index in [2.05, 4.69) is 38.3 Å². The van der Waals surface area contributed by atoms with Gasteiger partial charge in [0.05, 0.1) is 4.47 Å². The summed E-state index contributed by atoms with van der Waals surface area (Å²) in [6.07, 6.45) is 3.39. The maximum Gasteiger partial charge on any atom is 0.251 e. The number of amides is 1. The lowest BCUT2D eigenvalue weighted by Gasteiger charge is -2.16. The first-order valence-electron chi connectivity index (χ1n) is 9.60. The van der Waals surface area contributed by atoms with Gasteiger partial charge in [-0.1, -0.05) is 23.8 Å². The maximum atomic E-state index is 12.2. The predicted octanol–water partition coefficient (Wildman–Crippen LogP) is 4.20. The number of carbonyl (C=O) groups is 1. The Hall–Kier alpha value is -1.85. The highest BCUT2D eigenvalue weighted by atomic mass is 79.9. The zero-order valence-corrected chi connectivity index (χ0v) is 17.4. The average Bonchev–Trinajstić information content (AvgIpc) is 3.17. The second-order valence-electron chi connectivity index (χ2n) is 7.04. The van der Waals surface area contributed by atoms with E-state index in [1.54, 1.807) is 0 Å². The lowest BCUT2D eigenvalue weighted by molar-refractivity contribution is 0.0954. The molecule has 0 aromatic heterocycles. The fourth-order valence-electron chi connectivity index (χ4n) is 3.32. The molecule has 144 valence electrons. The molecule has 0 bridgehead atoms. The van der Waals surface area contributed by atoms with Crippen molar-refractivity contribution in [3.8, 4) is 5.75 Å². The van der Waals surface area contributed by atoms with E-state index in [0.717, 1.165) is 28.8 Å². The number of ether oxygens (including phenoxy) is 1. The third kappa shape index (κ3) is 6.08. The van der Waals surface area contributed by atoms with Gasteiger partial charge in [-0.25, -0.2) is 0 Å². The molecule has 1 saturated heterocycles. The second-order valence-corrected chi connectivity index (χ2v) is 7.89. The first kappa shape index (κ1) is 19.9. The van der Waals surface area contributed by atoms with Crippen molar-refractivity contribution in [3.05, 3.63) is 63.6 Å². The van der Waals surface area contributed by atoms with Crippen LogP contribution in [0.25, 0.3) is 0 Å².